The van der Waals surface area contributed by atoms with E-state index < -0.39 is 27.5 Å². The molecule has 25 heavy (non-hydrogen) atoms. The van der Waals surface area contributed by atoms with E-state index in [0.29, 0.717) is 25.9 Å². The summed E-state index contributed by atoms with van der Waals surface area (Å²) in [4.78, 5) is 13.4. The zero-order valence-corrected chi connectivity index (χ0v) is 16.2. The lowest BCUT2D eigenvalue weighted by atomic mass is 10.1. The fourth-order valence-corrected chi connectivity index (χ4v) is 4.44. The third-order valence-electron chi connectivity index (χ3n) is 4.67. The predicted octanol–water partition coefficient (Wildman–Crippen LogP) is 0.663. The second-order valence-electron chi connectivity index (χ2n) is 6.67. The number of piperidine rings is 1. The van der Waals surface area contributed by atoms with Crippen molar-refractivity contribution in [1.82, 2.24) is 14.5 Å². The van der Waals surface area contributed by atoms with Gasteiger partial charge in [0, 0.05) is 25.6 Å². The van der Waals surface area contributed by atoms with Crippen LogP contribution in [0.25, 0.3) is 0 Å². The first kappa shape index (κ1) is 22.1. The van der Waals surface area contributed by atoms with Crippen LogP contribution in [0, 0.1) is 11.3 Å². The average molecular weight is 397 g/mol. The number of sulfonamides is 1. The molecule has 7 nitrogen and oxygen atoms in total. The molecular formula is C15H26ClFN4O3S. The maximum atomic E-state index is 13.4. The summed E-state index contributed by atoms with van der Waals surface area (Å²) >= 11 is 0. The van der Waals surface area contributed by atoms with Gasteiger partial charge < -0.3 is 10.2 Å². The SMILES string of the molecule is CC(C)S(=O)(=O)N1CCC(NCC(=O)N2CC(F)CC2C#N)CC1.Cl. The van der Waals surface area contributed by atoms with Crippen LogP contribution < -0.4 is 5.32 Å². The maximum Gasteiger partial charge on any atom is 0.237 e. The molecule has 2 saturated heterocycles. The molecule has 0 aromatic rings. The molecule has 2 aliphatic heterocycles. The summed E-state index contributed by atoms with van der Waals surface area (Å²) in [6.07, 6.45) is 0.204. The first-order chi connectivity index (χ1) is 11.3. The van der Waals surface area contributed by atoms with Gasteiger partial charge in [0.1, 0.15) is 12.2 Å². The van der Waals surface area contributed by atoms with Gasteiger partial charge in [-0.3, -0.25) is 4.79 Å². The van der Waals surface area contributed by atoms with Crippen LogP contribution in [0.2, 0.25) is 0 Å². The summed E-state index contributed by atoms with van der Waals surface area (Å²) < 4.78 is 39.1. The minimum Gasteiger partial charge on any atom is -0.323 e. The van der Waals surface area contributed by atoms with Crippen molar-refractivity contribution < 1.29 is 17.6 Å². The van der Waals surface area contributed by atoms with Crippen LogP contribution >= 0.6 is 12.4 Å². The van der Waals surface area contributed by atoms with E-state index in [1.807, 2.05) is 6.07 Å². The molecule has 2 atom stereocenters. The van der Waals surface area contributed by atoms with Gasteiger partial charge in [-0.1, -0.05) is 0 Å². The number of nitrogens with one attached hydrogen (secondary N) is 1. The van der Waals surface area contributed by atoms with Crippen molar-refractivity contribution in [3.63, 3.8) is 0 Å². The average Bonchev–Trinajstić information content (AvgIpc) is 2.94. The number of hydrogen-bond acceptors (Lipinski definition) is 5. The summed E-state index contributed by atoms with van der Waals surface area (Å²) in [5.74, 6) is -0.279. The Bertz CT molecular complexity index is 602. The Morgan fingerprint density at radius 2 is 1.96 bits per heavy atom. The summed E-state index contributed by atoms with van der Waals surface area (Å²) in [7, 11) is -3.23. The van der Waals surface area contributed by atoms with Crippen LogP contribution in [0.1, 0.15) is 33.1 Å². The van der Waals surface area contributed by atoms with Crippen LogP contribution in [-0.2, 0) is 14.8 Å². The van der Waals surface area contributed by atoms with Gasteiger partial charge in [-0.25, -0.2) is 17.1 Å². The lowest BCUT2D eigenvalue weighted by Gasteiger charge is -2.33. The van der Waals surface area contributed by atoms with Gasteiger partial charge in [-0.2, -0.15) is 5.26 Å². The standard InChI is InChI=1S/C15H25FN4O3S.ClH/c1-11(2)24(22,23)19-5-3-13(4-6-19)18-9-15(21)20-10-12(16)7-14(20)8-17;/h11-14,18H,3-7,9-10H2,1-2H3;1H. The van der Waals surface area contributed by atoms with Gasteiger partial charge in [0.25, 0.3) is 0 Å². The normalized spacial score (nSPS) is 25.6. The Morgan fingerprint density at radius 1 is 1.36 bits per heavy atom. The van der Waals surface area contributed by atoms with Gasteiger partial charge in [-0.05, 0) is 26.7 Å². The van der Waals surface area contributed by atoms with Crippen LogP contribution in [0.15, 0.2) is 0 Å². The molecule has 2 heterocycles. The molecule has 0 radical (unpaired) electrons. The fraction of sp³-hybridized carbons (Fsp3) is 0.867. The number of carbonyl (C=O) groups excluding carboxylic acids is 1. The van der Waals surface area contributed by atoms with Crippen LogP contribution in [0.3, 0.4) is 0 Å². The number of amides is 1. The maximum absolute atomic E-state index is 13.4. The van der Waals surface area contributed by atoms with Gasteiger partial charge >= 0.3 is 0 Å². The number of likely N-dealkylation sites (tertiary alicyclic amines) is 1. The smallest absolute Gasteiger partial charge is 0.237 e. The van der Waals surface area contributed by atoms with E-state index in [1.54, 1.807) is 13.8 Å². The molecular weight excluding hydrogens is 371 g/mol. The molecule has 0 aliphatic carbocycles. The zero-order chi connectivity index (χ0) is 17.9. The largest absolute Gasteiger partial charge is 0.323 e. The summed E-state index contributed by atoms with van der Waals surface area (Å²) in [5.41, 5.74) is 0. The Balaban J connectivity index is 0.00000312. The van der Waals surface area contributed by atoms with E-state index >= 15 is 0 Å². The minimum atomic E-state index is -3.23. The molecule has 2 unspecified atom stereocenters. The molecule has 0 bridgehead atoms. The summed E-state index contributed by atoms with van der Waals surface area (Å²) in [5, 5.41) is 11.7. The summed E-state index contributed by atoms with van der Waals surface area (Å²) in [6.45, 7) is 4.22. The first-order valence-corrected chi connectivity index (χ1v) is 9.81. The van der Waals surface area contributed by atoms with Crippen LogP contribution in [-0.4, -0.2) is 73.2 Å². The molecule has 1 N–H and O–H groups in total. The highest BCUT2D eigenvalue weighted by Gasteiger charge is 2.35. The minimum absolute atomic E-state index is 0. The molecule has 144 valence electrons. The Labute approximate surface area is 155 Å². The number of rotatable bonds is 5. The van der Waals surface area contributed by atoms with Crippen molar-refractivity contribution in [2.24, 2.45) is 0 Å². The lowest BCUT2D eigenvalue weighted by Crippen LogP contribution is -2.49. The van der Waals surface area contributed by atoms with Crippen molar-refractivity contribution in [2.45, 2.75) is 56.6 Å². The number of carbonyl (C=O) groups is 1. The summed E-state index contributed by atoms with van der Waals surface area (Å²) in [6, 6.07) is 1.33. The number of hydrogen-bond donors (Lipinski definition) is 1. The molecule has 2 aliphatic rings. The Morgan fingerprint density at radius 3 is 2.48 bits per heavy atom. The highest BCUT2D eigenvalue weighted by atomic mass is 35.5. The van der Waals surface area contributed by atoms with E-state index in [9.17, 15) is 17.6 Å². The molecule has 2 rings (SSSR count). The number of nitriles is 1. The molecule has 0 saturated carbocycles. The molecule has 2 fully saturated rings. The van der Waals surface area contributed by atoms with Crippen molar-refractivity contribution in [1.29, 1.82) is 5.26 Å². The topological polar surface area (TPSA) is 93.5 Å². The third kappa shape index (κ3) is 5.26. The van der Waals surface area contributed by atoms with E-state index in [4.69, 9.17) is 5.26 Å². The van der Waals surface area contributed by atoms with Crippen molar-refractivity contribution in [2.75, 3.05) is 26.2 Å². The van der Waals surface area contributed by atoms with E-state index in [1.165, 1.54) is 9.21 Å². The zero-order valence-electron chi connectivity index (χ0n) is 14.5. The van der Waals surface area contributed by atoms with Gasteiger partial charge in [-0.15, -0.1) is 12.4 Å². The second kappa shape index (κ2) is 9.12. The van der Waals surface area contributed by atoms with Gasteiger partial charge in [0.2, 0.25) is 15.9 Å². The van der Waals surface area contributed by atoms with Crippen molar-refractivity contribution >= 4 is 28.3 Å². The Hall–Kier alpha value is -0.950. The fourth-order valence-electron chi connectivity index (χ4n) is 3.13. The van der Waals surface area contributed by atoms with E-state index in [0.717, 1.165) is 0 Å². The highest BCUT2D eigenvalue weighted by molar-refractivity contribution is 7.89. The van der Waals surface area contributed by atoms with Crippen molar-refractivity contribution in [3.8, 4) is 6.07 Å². The third-order valence-corrected chi connectivity index (χ3v) is 6.95. The monoisotopic (exact) mass is 396 g/mol. The molecule has 1 amide bonds. The Kier molecular flexibility index (Phi) is 8.06. The second-order valence-corrected chi connectivity index (χ2v) is 9.16. The predicted molar refractivity (Wildman–Crippen MR) is 94.5 cm³/mol. The van der Waals surface area contributed by atoms with E-state index in [2.05, 4.69) is 5.32 Å². The molecule has 0 spiro atoms. The number of nitrogens with zero attached hydrogens (tertiary/aromatic N) is 3. The molecule has 0 aromatic carbocycles. The number of alkyl halides is 1. The van der Waals surface area contributed by atoms with Crippen LogP contribution in [0.4, 0.5) is 4.39 Å². The first-order valence-electron chi connectivity index (χ1n) is 8.31. The van der Waals surface area contributed by atoms with Gasteiger partial charge in [0.15, 0.2) is 0 Å². The van der Waals surface area contributed by atoms with Crippen molar-refractivity contribution in [3.05, 3.63) is 0 Å². The van der Waals surface area contributed by atoms with Gasteiger partial charge in [0.05, 0.1) is 24.4 Å². The quantitative estimate of drug-likeness (QED) is 0.736. The van der Waals surface area contributed by atoms with Crippen LogP contribution in [0.5, 0.6) is 0 Å². The molecule has 10 heteroatoms. The number of halogens is 2. The highest BCUT2D eigenvalue weighted by Crippen LogP contribution is 2.20. The molecule has 0 aromatic heterocycles. The van der Waals surface area contributed by atoms with E-state index in [-0.39, 0.29) is 43.9 Å². The lowest BCUT2D eigenvalue weighted by molar-refractivity contribution is -0.130.